The lowest BCUT2D eigenvalue weighted by Crippen LogP contribution is -1.95. The number of ether oxygens (including phenoxy) is 1. The molecule has 0 radical (unpaired) electrons. The minimum absolute atomic E-state index is 0.108. The van der Waals surface area contributed by atoms with Gasteiger partial charge in [0.15, 0.2) is 0 Å². The van der Waals surface area contributed by atoms with Crippen molar-refractivity contribution in [3.8, 4) is 5.75 Å². The number of halogens is 1. The maximum atomic E-state index is 8.73. The first-order valence-electron chi connectivity index (χ1n) is 3.72. The van der Waals surface area contributed by atoms with E-state index in [1.807, 2.05) is 12.1 Å². The zero-order valence-electron chi connectivity index (χ0n) is 6.88. The van der Waals surface area contributed by atoms with Crippen LogP contribution in [-0.2, 0) is 6.42 Å². The van der Waals surface area contributed by atoms with E-state index in [0.717, 1.165) is 5.56 Å². The molecule has 0 unspecified atom stereocenters. The average molecular weight is 187 g/mol. The van der Waals surface area contributed by atoms with Crippen LogP contribution >= 0.6 is 11.6 Å². The summed E-state index contributed by atoms with van der Waals surface area (Å²) in [6.07, 6.45) is 0.573. The zero-order chi connectivity index (χ0) is 8.97. The van der Waals surface area contributed by atoms with Crippen LogP contribution in [0.15, 0.2) is 18.2 Å². The molecule has 0 aliphatic rings. The molecule has 0 aliphatic heterocycles. The summed E-state index contributed by atoms with van der Waals surface area (Å²) in [4.78, 5) is 0. The van der Waals surface area contributed by atoms with Gasteiger partial charge in [-0.1, -0.05) is 23.7 Å². The molecular weight excluding hydrogens is 176 g/mol. The van der Waals surface area contributed by atoms with Gasteiger partial charge in [-0.2, -0.15) is 0 Å². The van der Waals surface area contributed by atoms with E-state index in [1.165, 1.54) is 0 Å². The summed E-state index contributed by atoms with van der Waals surface area (Å²) in [5, 5.41) is 9.32. The zero-order valence-corrected chi connectivity index (χ0v) is 7.64. The van der Waals surface area contributed by atoms with Crippen LogP contribution in [0.5, 0.6) is 5.75 Å². The van der Waals surface area contributed by atoms with Crippen molar-refractivity contribution in [2.24, 2.45) is 0 Å². The molecule has 0 aromatic heterocycles. The van der Waals surface area contributed by atoms with Gasteiger partial charge in [0.25, 0.3) is 0 Å². The van der Waals surface area contributed by atoms with Crippen LogP contribution in [-0.4, -0.2) is 18.8 Å². The van der Waals surface area contributed by atoms with Gasteiger partial charge < -0.3 is 9.84 Å². The number of hydrogen-bond acceptors (Lipinski definition) is 2. The van der Waals surface area contributed by atoms with E-state index in [0.29, 0.717) is 17.2 Å². The van der Waals surface area contributed by atoms with Gasteiger partial charge in [0, 0.05) is 6.61 Å². The van der Waals surface area contributed by atoms with Gasteiger partial charge >= 0.3 is 0 Å². The molecule has 2 nitrogen and oxygen atoms in total. The maximum Gasteiger partial charge on any atom is 0.140 e. The summed E-state index contributed by atoms with van der Waals surface area (Å²) in [6, 6.07) is 5.50. The van der Waals surface area contributed by atoms with Crippen molar-refractivity contribution in [2.45, 2.75) is 6.42 Å². The predicted molar refractivity (Wildman–Crippen MR) is 48.8 cm³/mol. The third-order valence-electron chi connectivity index (χ3n) is 1.63. The van der Waals surface area contributed by atoms with E-state index in [-0.39, 0.29) is 6.61 Å². The molecule has 0 aliphatic carbocycles. The van der Waals surface area contributed by atoms with Crippen molar-refractivity contribution < 1.29 is 9.84 Å². The first-order valence-corrected chi connectivity index (χ1v) is 4.09. The number of rotatable bonds is 3. The van der Waals surface area contributed by atoms with E-state index in [2.05, 4.69) is 0 Å². The quantitative estimate of drug-likeness (QED) is 0.781. The Morgan fingerprint density at radius 3 is 2.83 bits per heavy atom. The smallest absolute Gasteiger partial charge is 0.140 e. The molecule has 1 aromatic rings. The van der Waals surface area contributed by atoms with Crippen LogP contribution in [0.2, 0.25) is 5.02 Å². The summed E-state index contributed by atoms with van der Waals surface area (Å²) in [5.41, 5.74) is 0.938. The Labute approximate surface area is 76.7 Å². The second kappa shape index (κ2) is 4.33. The SMILES string of the molecule is COc1c(Cl)cccc1CCO. The van der Waals surface area contributed by atoms with Crippen LogP contribution in [0.4, 0.5) is 0 Å². The van der Waals surface area contributed by atoms with E-state index in [9.17, 15) is 0 Å². The van der Waals surface area contributed by atoms with Crippen molar-refractivity contribution in [1.29, 1.82) is 0 Å². The van der Waals surface area contributed by atoms with Crippen LogP contribution in [0.3, 0.4) is 0 Å². The van der Waals surface area contributed by atoms with Gasteiger partial charge in [-0.05, 0) is 18.1 Å². The Kier molecular flexibility index (Phi) is 3.38. The van der Waals surface area contributed by atoms with Crippen molar-refractivity contribution >= 4 is 11.6 Å². The van der Waals surface area contributed by atoms with Crippen LogP contribution in [0.1, 0.15) is 5.56 Å². The van der Waals surface area contributed by atoms with Crippen molar-refractivity contribution in [1.82, 2.24) is 0 Å². The van der Waals surface area contributed by atoms with E-state index in [4.69, 9.17) is 21.4 Å². The van der Waals surface area contributed by atoms with Gasteiger partial charge in [-0.25, -0.2) is 0 Å². The largest absolute Gasteiger partial charge is 0.495 e. The van der Waals surface area contributed by atoms with E-state index < -0.39 is 0 Å². The highest BCUT2D eigenvalue weighted by molar-refractivity contribution is 6.32. The lowest BCUT2D eigenvalue weighted by Gasteiger charge is -2.08. The monoisotopic (exact) mass is 186 g/mol. The summed E-state index contributed by atoms with van der Waals surface area (Å²) in [5.74, 6) is 0.660. The van der Waals surface area contributed by atoms with Crippen molar-refractivity contribution in [2.75, 3.05) is 13.7 Å². The van der Waals surface area contributed by atoms with Crippen LogP contribution < -0.4 is 4.74 Å². The Bertz CT molecular complexity index is 261. The summed E-state index contributed by atoms with van der Waals surface area (Å²) in [7, 11) is 1.57. The molecule has 0 saturated carbocycles. The van der Waals surface area contributed by atoms with Crippen molar-refractivity contribution in [3.63, 3.8) is 0 Å². The molecule has 0 amide bonds. The highest BCUT2D eigenvalue weighted by Gasteiger charge is 2.05. The highest BCUT2D eigenvalue weighted by Crippen LogP contribution is 2.28. The molecule has 66 valence electrons. The maximum absolute atomic E-state index is 8.73. The molecule has 1 N–H and O–H groups in total. The first kappa shape index (κ1) is 9.36. The number of benzene rings is 1. The minimum Gasteiger partial charge on any atom is -0.495 e. The molecule has 0 fully saturated rings. The Hall–Kier alpha value is -0.730. The fourth-order valence-electron chi connectivity index (χ4n) is 1.10. The molecule has 1 aromatic carbocycles. The van der Waals surface area contributed by atoms with Gasteiger partial charge in [0.2, 0.25) is 0 Å². The van der Waals surface area contributed by atoms with Crippen molar-refractivity contribution in [3.05, 3.63) is 28.8 Å². The molecule has 0 saturated heterocycles. The number of methoxy groups -OCH3 is 1. The molecule has 3 heteroatoms. The van der Waals surface area contributed by atoms with E-state index in [1.54, 1.807) is 13.2 Å². The lowest BCUT2D eigenvalue weighted by molar-refractivity contribution is 0.296. The van der Waals surface area contributed by atoms with Gasteiger partial charge in [0.1, 0.15) is 5.75 Å². The molecular formula is C9H11ClO2. The number of para-hydroxylation sites is 1. The summed E-state index contributed by atoms with van der Waals surface area (Å²) >= 11 is 5.86. The molecule has 0 heterocycles. The second-order valence-electron chi connectivity index (χ2n) is 2.41. The third-order valence-corrected chi connectivity index (χ3v) is 1.93. The Morgan fingerprint density at radius 2 is 2.25 bits per heavy atom. The number of aliphatic hydroxyl groups is 1. The minimum atomic E-state index is 0.108. The van der Waals surface area contributed by atoms with Gasteiger partial charge in [-0.3, -0.25) is 0 Å². The third kappa shape index (κ3) is 1.90. The fraction of sp³-hybridized carbons (Fsp3) is 0.333. The Morgan fingerprint density at radius 1 is 1.50 bits per heavy atom. The number of aliphatic hydroxyl groups excluding tert-OH is 1. The van der Waals surface area contributed by atoms with Gasteiger partial charge in [0.05, 0.1) is 12.1 Å². The summed E-state index contributed by atoms with van der Waals surface area (Å²) in [6.45, 7) is 0.108. The van der Waals surface area contributed by atoms with Gasteiger partial charge in [-0.15, -0.1) is 0 Å². The summed E-state index contributed by atoms with van der Waals surface area (Å²) < 4.78 is 5.09. The first-order chi connectivity index (χ1) is 5.79. The number of hydrogen-bond donors (Lipinski definition) is 1. The predicted octanol–water partition coefficient (Wildman–Crippen LogP) is 1.88. The van der Waals surface area contributed by atoms with Crippen LogP contribution in [0, 0.1) is 0 Å². The Balaban J connectivity index is 3.00. The lowest BCUT2D eigenvalue weighted by atomic mass is 10.1. The second-order valence-corrected chi connectivity index (χ2v) is 2.81. The molecule has 0 bridgehead atoms. The molecule has 0 atom stereocenters. The fourth-order valence-corrected chi connectivity index (χ4v) is 1.37. The molecule has 1 rings (SSSR count). The topological polar surface area (TPSA) is 29.5 Å². The standard InChI is InChI=1S/C9H11ClO2/c1-12-9-7(5-6-11)3-2-4-8(9)10/h2-4,11H,5-6H2,1H3. The van der Waals surface area contributed by atoms with Crippen LogP contribution in [0.25, 0.3) is 0 Å². The molecule has 12 heavy (non-hydrogen) atoms. The average Bonchev–Trinajstić information content (AvgIpc) is 2.05. The normalized spacial score (nSPS) is 9.92. The molecule has 0 spiro atoms. The van der Waals surface area contributed by atoms with E-state index >= 15 is 0 Å². The highest BCUT2D eigenvalue weighted by atomic mass is 35.5.